The Morgan fingerprint density at radius 3 is 2.56 bits per heavy atom. The van der Waals surface area contributed by atoms with E-state index in [1.807, 2.05) is 7.05 Å². The fourth-order valence-corrected chi connectivity index (χ4v) is 5.36. The quantitative estimate of drug-likeness (QED) is 0.826. The number of rotatable bonds is 5. The second kappa shape index (κ2) is 8.58. The van der Waals surface area contributed by atoms with E-state index in [1.54, 1.807) is 12.1 Å². The van der Waals surface area contributed by atoms with Crippen LogP contribution in [0.2, 0.25) is 0 Å². The Morgan fingerprint density at radius 2 is 1.89 bits per heavy atom. The maximum absolute atomic E-state index is 12.9. The van der Waals surface area contributed by atoms with E-state index in [4.69, 9.17) is 4.74 Å². The summed E-state index contributed by atoms with van der Waals surface area (Å²) in [5.74, 6) is 0.272. The highest BCUT2D eigenvalue weighted by molar-refractivity contribution is 7.89. The molecule has 2 saturated heterocycles. The molecule has 2 heterocycles. The number of hydrogen-bond donors (Lipinski definition) is 1. The summed E-state index contributed by atoms with van der Waals surface area (Å²) in [6, 6.07) is 4.68. The van der Waals surface area contributed by atoms with E-state index in [9.17, 15) is 13.2 Å². The number of carbonyl (C=O) groups excluding carboxylic acids is 1. The van der Waals surface area contributed by atoms with Gasteiger partial charge in [0.2, 0.25) is 15.9 Å². The molecule has 0 aromatic heterocycles. The number of likely N-dealkylation sites (tertiary alicyclic amines) is 1. The highest BCUT2D eigenvalue weighted by atomic mass is 32.2. The van der Waals surface area contributed by atoms with Gasteiger partial charge in [0.15, 0.2) is 0 Å². The van der Waals surface area contributed by atoms with Gasteiger partial charge in [0.1, 0.15) is 5.75 Å². The molecule has 1 aromatic carbocycles. The zero-order valence-corrected chi connectivity index (χ0v) is 16.9. The van der Waals surface area contributed by atoms with Gasteiger partial charge in [0.25, 0.3) is 0 Å². The molecule has 0 radical (unpaired) electrons. The van der Waals surface area contributed by atoms with Gasteiger partial charge in [0, 0.05) is 19.6 Å². The van der Waals surface area contributed by atoms with Gasteiger partial charge in [-0.05, 0) is 57.5 Å². The number of nitrogens with one attached hydrogen (secondary N) is 1. The third-order valence-electron chi connectivity index (χ3n) is 5.38. The Balaban J connectivity index is 1.82. The lowest BCUT2D eigenvalue weighted by atomic mass is 9.97. The van der Waals surface area contributed by atoms with Crippen molar-refractivity contribution in [2.24, 2.45) is 5.92 Å². The van der Waals surface area contributed by atoms with Crippen LogP contribution in [0.4, 0.5) is 5.69 Å². The minimum atomic E-state index is -3.56. The number of anilines is 1. The molecule has 8 heteroatoms. The van der Waals surface area contributed by atoms with Gasteiger partial charge < -0.3 is 15.0 Å². The molecule has 1 atom stereocenters. The molecule has 0 bridgehead atoms. The molecule has 3 rings (SSSR count). The van der Waals surface area contributed by atoms with Gasteiger partial charge in [-0.2, -0.15) is 4.31 Å². The Bertz CT molecular complexity index is 775. The number of hydrogen-bond acceptors (Lipinski definition) is 5. The van der Waals surface area contributed by atoms with Crippen molar-refractivity contribution in [3.8, 4) is 5.75 Å². The molecule has 0 aliphatic carbocycles. The summed E-state index contributed by atoms with van der Waals surface area (Å²) in [6.45, 7) is 2.80. The molecule has 1 aromatic rings. The summed E-state index contributed by atoms with van der Waals surface area (Å²) >= 11 is 0. The fraction of sp³-hybridized carbons (Fsp3) is 0.632. The number of nitrogens with zero attached hydrogens (tertiary/aromatic N) is 2. The molecule has 7 nitrogen and oxygen atoms in total. The Labute approximate surface area is 161 Å². The standard InChI is InChI=1S/C19H29N3O4S/c1-21-10-6-7-15(14-21)19(23)20-17-13-16(8-9-18(17)26-2)27(24,25)22-11-4-3-5-12-22/h8-9,13,15H,3-7,10-12,14H2,1-2H3,(H,20,23)/t15-/m0/s1. The van der Waals surface area contributed by atoms with Gasteiger partial charge in [-0.25, -0.2) is 8.42 Å². The van der Waals surface area contributed by atoms with Crippen LogP contribution in [0.3, 0.4) is 0 Å². The first kappa shape index (κ1) is 20.1. The van der Waals surface area contributed by atoms with Gasteiger partial charge >= 0.3 is 0 Å². The van der Waals surface area contributed by atoms with Crippen molar-refractivity contribution < 1.29 is 17.9 Å². The van der Waals surface area contributed by atoms with E-state index < -0.39 is 10.0 Å². The predicted octanol–water partition coefficient (Wildman–Crippen LogP) is 2.15. The van der Waals surface area contributed by atoms with Crippen molar-refractivity contribution in [1.82, 2.24) is 9.21 Å². The highest BCUT2D eigenvalue weighted by Gasteiger charge is 2.28. The monoisotopic (exact) mass is 395 g/mol. The van der Waals surface area contributed by atoms with Crippen molar-refractivity contribution in [1.29, 1.82) is 0 Å². The first-order valence-electron chi connectivity index (χ1n) is 9.59. The SMILES string of the molecule is COc1ccc(S(=O)(=O)N2CCCCC2)cc1NC(=O)[C@H]1CCCN(C)C1. The van der Waals surface area contributed by atoms with Crippen LogP contribution in [0.5, 0.6) is 5.75 Å². The summed E-state index contributed by atoms with van der Waals surface area (Å²) in [7, 11) is -0.0428. The van der Waals surface area contributed by atoms with Gasteiger partial charge in [-0.1, -0.05) is 6.42 Å². The van der Waals surface area contributed by atoms with Crippen molar-refractivity contribution in [2.75, 3.05) is 45.7 Å². The first-order valence-corrected chi connectivity index (χ1v) is 11.0. The first-order chi connectivity index (χ1) is 12.9. The van der Waals surface area contributed by atoms with Gasteiger partial charge in [-0.3, -0.25) is 4.79 Å². The van der Waals surface area contributed by atoms with Crippen molar-refractivity contribution in [2.45, 2.75) is 37.0 Å². The van der Waals surface area contributed by atoms with Crippen molar-refractivity contribution in [3.63, 3.8) is 0 Å². The number of carbonyl (C=O) groups is 1. The average Bonchev–Trinajstić information content (AvgIpc) is 2.68. The molecule has 150 valence electrons. The van der Waals surface area contributed by atoms with E-state index in [0.717, 1.165) is 38.6 Å². The molecule has 27 heavy (non-hydrogen) atoms. The topological polar surface area (TPSA) is 79.0 Å². The summed E-state index contributed by atoms with van der Waals surface area (Å²) in [6.07, 6.45) is 4.65. The van der Waals surface area contributed by atoms with Gasteiger partial charge in [-0.15, -0.1) is 0 Å². The zero-order valence-electron chi connectivity index (χ0n) is 16.1. The van der Waals surface area contributed by atoms with Crippen LogP contribution in [0.1, 0.15) is 32.1 Å². The van der Waals surface area contributed by atoms with Crippen LogP contribution < -0.4 is 10.1 Å². The van der Waals surface area contributed by atoms with E-state index in [1.165, 1.54) is 17.5 Å². The van der Waals surface area contributed by atoms with Crippen molar-refractivity contribution in [3.05, 3.63) is 18.2 Å². The second-order valence-corrected chi connectivity index (χ2v) is 9.36. The smallest absolute Gasteiger partial charge is 0.243 e. The zero-order chi connectivity index (χ0) is 19.4. The number of piperidine rings is 2. The number of ether oxygens (including phenoxy) is 1. The number of benzene rings is 1. The highest BCUT2D eigenvalue weighted by Crippen LogP contribution is 2.31. The van der Waals surface area contributed by atoms with Crippen LogP contribution in [0.25, 0.3) is 0 Å². The van der Waals surface area contributed by atoms with E-state index in [2.05, 4.69) is 10.2 Å². The maximum atomic E-state index is 12.9. The molecular weight excluding hydrogens is 366 g/mol. The molecule has 2 fully saturated rings. The normalized spacial score (nSPS) is 22.4. The lowest BCUT2D eigenvalue weighted by Crippen LogP contribution is -2.38. The minimum absolute atomic E-state index is 0.0904. The molecule has 0 unspecified atom stereocenters. The summed E-state index contributed by atoms with van der Waals surface area (Å²) in [5, 5.41) is 2.89. The number of sulfonamides is 1. The number of amides is 1. The third-order valence-corrected chi connectivity index (χ3v) is 7.27. The Kier molecular flexibility index (Phi) is 6.39. The Morgan fingerprint density at radius 1 is 1.15 bits per heavy atom. The lowest BCUT2D eigenvalue weighted by molar-refractivity contribution is -0.121. The van der Waals surface area contributed by atoms with Crippen LogP contribution in [-0.4, -0.2) is 63.9 Å². The summed E-state index contributed by atoms with van der Waals surface area (Å²) < 4.78 is 32.7. The summed E-state index contributed by atoms with van der Waals surface area (Å²) in [4.78, 5) is 15.0. The minimum Gasteiger partial charge on any atom is -0.495 e. The Hall–Kier alpha value is -1.64. The lowest BCUT2D eigenvalue weighted by Gasteiger charge is -2.29. The molecule has 0 saturated carbocycles. The molecule has 1 N–H and O–H groups in total. The van der Waals surface area contributed by atoms with Crippen molar-refractivity contribution >= 4 is 21.6 Å². The molecule has 1 amide bonds. The molecular formula is C19H29N3O4S. The van der Waals surface area contributed by atoms with Crippen LogP contribution in [-0.2, 0) is 14.8 Å². The largest absolute Gasteiger partial charge is 0.495 e. The summed E-state index contributed by atoms with van der Waals surface area (Å²) in [5.41, 5.74) is 0.411. The fourth-order valence-electron chi connectivity index (χ4n) is 3.81. The second-order valence-electron chi connectivity index (χ2n) is 7.42. The van der Waals surface area contributed by atoms with Crippen LogP contribution in [0, 0.1) is 5.92 Å². The third kappa shape index (κ3) is 4.62. The maximum Gasteiger partial charge on any atom is 0.243 e. The van der Waals surface area contributed by atoms with Crippen LogP contribution >= 0.6 is 0 Å². The molecule has 2 aliphatic rings. The van der Waals surface area contributed by atoms with Gasteiger partial charge in [0.05, 0.1) is 23.6 Å². The number of methoxy groups -OCH3 is 1. The van der Waals surface area contributed by atoms with E-state index in [0.29, 0.717) is 31.1 Å². The average molecular weight is 396 g/mol. The predicted molar refractivity (Wildman–Crippen MR) is 104 cm³/mol. The van der Waals surface area contributed by atoms with E-state index >= 15 is 0 Å². The van der Waals surface area contributed by atoms with Crippen LogP contribution in [0.15, 0.2) is 23.1 Å². The molecule has 0 spiro atoms. The van der Waals surface area contributed by atoms with E-state index in [-0.39, 0.29) is 16.7 Å². The molecule has 2 aliphatic heterocycles.